The molecule has 0 bridgehead atoms. The standard InChI is InChI=1S/C16H18N2O2S/c1-12-5-8-16(9-6-12)21(19,20)18-17-11-15-10-13(2)4-7-14(15)3/h4-11,18H,1-3H3/b17-11-. The van der Waals surface area contributed by atoms with Gasteiger partial charge >= 0.3 is 0 Å². The predicted octanol–water partition coefficient (Wildman–Crippen LogP) is 2.92. The lowest BCUT2D eigenvalue weighted by Gasteiger charge is -2.04. The number of sulfonamides is 1. The van der Waals surface area contributed by atoms with Crippen LogP contribution in [0.4, 0.5) is 0 Å². The smallest absolute Gasteiger partial charge is 0.200 e. The minimum absolute atomic E-state index is 0.200. The SMILES string of the molecule is Cc1ccc(S(=O)(=O)N/N=C\c2cc(C)ccc2C)cc1. The van der Waals surface area contributed by atoms with E-state index in [0.29, 0.717) is 0 Å². The van der Waals surface area contributed by atoms with E-state index in [1.165, 1.54) is 6.21 Å². The van der Waals surface area contributed by atoms with Crippen molar-refractivity contribution < 1.29 is 8.42 Å². The molecular formula is C16H18N2O2S. The fourth-order valence-electron chi connectivity index (χ4n) is 1.83. The van der Waals surface area contributed by atoms with Gasteiger partial charge in [-0.15, -0.1) is 0 Å². The molecule has 0 unspecified atom stereocenters. The quantitative estimate of drug-likeness (QED) is 0.697. The lowest BCUT2D eigenvalue weighted by atomic mass is 10.1. The molecular weight excluding hydrogens is 284 g/mol. The Morgan fingerprint density at radius 3 is 2.24 bits per heavy atom. The van der Waals surface area contributed by atoms with Gasteiger partial charge in [0.05, 0.1) is 11.1 Å². The van der Waals surface area contributed by atoms with Crippen LogP contribution in [-0.4, -0.2) is 14.6 Å². The van der Waals surface area contributed by atoms with E-state index in [9.17, 15) is 8.42 Å². The molecule has 0 saturated heterocycles. The van der Waals surface area contributed by atoms with Gasteiger partial charge in [0, 0.05) is 0 Å². The van der Waals surface area contributed by atoms with E-state index in [0.717, 1.165) is 22.3 Å². The zero-order valence-electron chi connectivity index (χ0n) is 12.3. The van der Waals surface area contributed by atoms with E-state index < -0.39 is 10.0 Å². The van der Waals surface area contributed by atoms with Crippen LogP contribution in [-0.2, 0) is 10.0 Å². The van der Waals surface area contributed by atoms with Crippen LogP contribution in [0.2, 0.25) is 0 Å². The van der Waals surface area contributed by atoms with E-state index in [4.69, 9.17) is 0 Å². The second kappa shape index (κ2) is 6.10. The Morgan fingerprint density at radius 1 is 0.952 bits per heavy atom. The molecule has 5 heteroatoms. The van der Waals surface area contributed by atoms with Crippen LogP contribution < -0.4 is 4.83 Å². The van der Waals surface area contributed by atoms with Gasteiger partial charge in [-0.2, -0.15) is 13.5 Å². The Labute approximate surface area is 125 Å². The predicted molar refractivity (Wildman–Crippen MR) is 85.0 cm³/mol. The summed E-state index contributed by atoms with van der Waals surface area (Å²) in [6.45, 7) is 5.84. The number of rotatable bonds is 4. The van der Waals surface area contributed by atoms with Gasteiger partial charge in [0.15, 0.2) is 0 Å². The van der Waals surface area contributed by atoms with Crippen molar-refractivity contribution in [3.05, 3.63) is 64.7 Å². The van der Waals surface area contributed by atoms with Crippen molar-refractivity contribution in [2.75, 3.05) is 0 Å². The summed E-state index contributed by atoms with van der Waals surface area (Å²) in [5, 5.41) is 3.85. The summed E-state index contributed by atoms with van der Waals surface area (Å²) in [5.41, 5.74) is 4.04. The summed E-state index contributed by atoms with van der Waals surface area (Å²) < 4.78 is 24.1. The van der Waals surface area contributed by atoms with Crippen LogP contribution in [0.15, 0.2) is 52.5 Å². The molecule has 0 aromatic heterocycles. The van der Waals surface area contributed by atoms with Crippen LogP contribution in [0.5, 0.6) is 0 Å². The van der Waals surface area contributed by atoms with Crippen molar-refractivity contribution in [1.29, 1.82) is 0 Å². The van der Waals surface area contributed by atoms with E-state index in [-0.39, 0.29) is 4.90 Å². The van der Waals surface area contributed by atoms with Crippen molar-refractivity contribution in [2.24, 2.45) is 5.10 Å². The minimum atomic E-state index is -3.62. The Balaban J connectivity index is 2.16. The van der Waals surface area contributed by atoms with Gasteiger partial charge in [-0.3, -0.25) is 0 Å². The molecule has 110 valence electrons. The zero-order valence-corrected chi connectivity index (χ0v) is 13.1. The number of hydrazone groups is 1. The second-order valence-electron chi connectivity index (χ2n) is 5.03. The highest BCUT2D eigenvalue weighted by molar-refractivity contribution is 7.89. The molecule has 0 atom stereocenters. The Kier molecular flexibility index (Phi) is 4.43. The highest BCUT2D eigenvalue weighted by Gasteiger charge is 2.11. The van der Waals surface area contributed by atoms with Crippen molar-refractivity contribution in [2.45, 2.75) is 25.7 Å². The van der Waals surface area contributed by atoms with Gasteiger partial charge in [0.1, 0.15) is 0 Å². The molecule has 0 aliphatic rings. The summed E-state index contributed by atoms with van der Waals surface area (Å²) in [5.74, 6) is 0. The maximum atomic E-state index is 12.1. The fourth-order valence-corrected chi connectivity index (χ4v) is 2.63. The zero-order chi connectivity index (χ0) is 15.5. The van der Waals surface area contributed by atoms with E-state index in [1.807, 2.05) is 39.0 Å². The summed E-state index contributed by atoms with van der Waals surface area (Å²) in [4.78, 5) is 2.43. The van der Waals surface area contributed by atoms with Crippen molar-refractivity contribution in [3.8, 4) is 0 Å². The Morgan fingerprint density at radius 2 is 1.57 bits per heavy atom. The average Bonchev–Trinajstić information content (AvgIpc) is 2.43. The summed E-state index contributed by atoms with van der Waals surface area (Å²) >= 11 is 0. The van der Waals surface area contributed by atoms with Crippen LogP contribution in [0.3, 0.4) is 0 Å². The number of benzene rings is 2. The molecule has 2 aromatic carbocycles. The van der Waals surface area contributed by atoms with E-state index in [2.05, 4.69) is 9.93 Å². The van der Waals surface area contributed by atoms with E-state index >= 15 is 0 Å². The maximum Gasteiger partial charge on any atom is 0.276 e. The first-order valence-corrected chi connectivity index (χ1v) is 8.05. The third kappa shape index (κ3) is 3.92. The lowest BCUT2D eigenvalue weighted by molar-refractivity contribution is 0.584. The highest BCUT2D eigenvalue weighted by atomic mass is 32.2. The lowest BCUT2D eigenvalue weighted by Crippen LogP contribution is -2.18. The summed E-state index contributed by atoms with van der Waals surface area (Å²) in [7, 11) is -3.62. The average molecular weight is 302 g/mol. The van der Waals surface area contributed by atoms with Crippen LogP contribution in [0.25, 0.3) is 0 Å². The fraction of sp³-hybridized carbons (Fsp3) is 0.188. The molecule has 0 heterocycles. The summed E-state index contributed by atoms with van der Waals surface area (Å²) in [6, 6.07) is 12.6. The molecule has 0 fully saturated rings. The topological polar surface area (TPSA) is 58.5 Å². The highest BCUT2D eigenvalue weighted by Crippen LogP contribution is 2.10. The molecule has 0 radical (unpaired) electrons. The van der Waals surface area contributed by atoms with E-state index in [1.54, 1.807) is 24.3 Å². The number of hydrogen-bond donors (Lipinski definition) is 1. The molecule has 2 aromatic rings. The Bertz CT molecular complexity index is 763. The minimum Gasteiger partial charge on any atom is -0.200 e. The normalized spacial score (nSPS) is 11.8. The van der Waals surface area contributed by atoms with Crippen molar-refractivity contribution in [3.63, 3.8) is 0 Å². The van der Waals surface area contributed by atoms with Gasteiger partial charge in [0.2, 0.25) is 0 Å². The molecule has 0 amide bonds. The number of nitrogens with one attached hydrogen (secondary N) is 1. The van der Waals surface area contributed by atoms with Gasteiger partial charge in [-0.25, -0.2) is 4.83 Å². The maximum absolute atomic E-state index is 12.1. The number of aryl methyl sites for hydroxylation is 3. The first kappa shape index (κ1) is 15.3. The molecule has 0 spiro atoms. The molecule has 0 saturated carbocycles. The number of hydrogen-bond acceptors (Lipinski definition) is 3. The molecule has 21 heavy (non-hydrogen) atoms. The van der Waals surface area contributed by atoms with Gasteiger partial charge in [0.25, 0.3) is 10.0 Å². The molecule has 0 aliphatic heterocycles. The van der Waals surface area contributed by atoms with Crippen LogP contribution >= 0.6 is 0 Å². The first-order valence-electron chi connectivity index (χ1n) is 6.57. The Hall–Kier alpha value is -2.14. The molecule has 1 N–H and O–H groups in total. The van der Waals surface area contributed by atoms with Gasteiger partial charge in [-0.05, 0) is 44.0 Å². The third-order valence-corrected chi connectivity index (χ3v) is 4.38. The second-order valence-corrected chi connectivity index (χ2v) is 6.69. The monoisotopic (exact) mass is 302 g/mol. The van der Waals surface area contributed by atoms with Crippen LogP contribution in [0.1, 0.15) is 22.3 Å². The largest absolute Gasteiger partial charge is 0.276 e. The van der Waals surface area contributed by atoms with Gasteiger partial charge in [-0.1, -0.05) is 41.5 Å². The molecule has 0 aliphatic carbocycles. The summed E-state index contributed by atoms with van der Waals surface area (Å²) in [6.07, 6.45) is 1.52. The molecule has 2 rings (SSSR count). The van der Waals surface area contributed by atoms with Crippen molar-refractivity contribution in [1.82, 2.24) is 4.83 Å². The van der Waals surface area contributed by atoms with Gasteiger partial charge < -0.3 is 0 Å². The number of nitrogens with zero attached hydrogens (tertiary/aromatic N) is 1. The van der Waals surface area contributed by atoms with Crippen molar-refractivity contribution >= 4 is 16.2 Å². The first-order chi connectivity index (χ1) is 9.88. The molecule has 4 nitrogen and oxygen atoms in total. The van der Waals surface area contributed by atoms with Crippen LogP contribution in [0, 0.1) is 20.8 Å². The third-order valence-electron chi connectivity index (χ3n) is 3.14.